The summed E-state index contributed by atoms with van der Waals surface area (Å²) in [5.74, 6) is -0.793. The number of nitrogens with zero attached hydrogens (tertiary/aromatic N) is 1. The molecule has 0 aliphatic heterocycles. The molecule has 0 fully saturated rings. The summed E-state index contributed by atoms with van der Waals surface area (Å²) in [4.78, 5) is -0.178. The van der Waals surface area contributed by atoms with Crippen LogP contribution in [0.15, 0.2) is 41.3 Å². The summed E-state index contributed by atoms with van der Waals surface area (Å²) < 4.78 is 40.0. The molecule has 2 aromatic carbocycles. The normalized spacial score (nSPS) is 10.9. The number of nitrogens with two attached hydrogens (primary N) is 1. The molecule has 0 amide bonds. The molecule has 0 heterocycles. The zero-order valence-electron chi connectivity index (χ0n) is 10.5. The van der Waals surface area contributed by atoms with Crippen LogP contribution < -0.4 is 10.5 Å². The standard InChI is InChI=1S/C13H9ClFN3O2S/c14-11-6-10(3-1-8(11)7-16)21(19,20)18-13-4-2-9(17)5-12(13)15/h1-6,18H,17H2. The Morgan fingerprint density at radius 2 is 1.95 bits per heavy atom. The predicted octanol–water partition coefficient (Wildman–Crippen LogP) is 2.73. The molecule has 0 bridgehead atoms. The van der Waals surface area contributed by atoms with Crippen LogP contribution in [0.3, 0.4) is 0 Å². The molecule has 5 nitrogen and oxygen atoms in total. The molecule has 2 aromatic rings. The molecule has 3 N–H and O–H groups in total. The van der Waals surface area contributed by atoms with E-state index >= 15 is 0 Å². The van der Waals surface area contributed by atoms with Crippen LogP contribution in [0.4, 0.5) is 15.8 Å². The number of anilines is 2. The van der Waals surface area contributed by atoms with Gasteiger partial charge in [-0.25, -0.2) is 12.8 Å². The SMILES string of the molecule is N#Cc1ccc(S(=O)(=O)Nc2ccc(N)cc2F)cc1Cl. The zero-order chi connectivity index (χ0) is 15.6. The third kappa shape index (κ3) is 3.24. The highest BCUT2D eigenvalue weighted by atomic mass is 35.5. The van der Waals surface area contributed by atoms with Gasteiger partial charge in [-0.05, 0) is 36.4 Å². The summed E-state index contributed by atoms with van der Waals surface area (Å²) >= 11 is 5.79. The van der Waals surface area contributed by atoms with Crippen molar-refractivity contribution in [2.75, 3.05) is 10.5 Å². The number of halogens is 2. The molecule has 2 rings (SSSR count). The second kappa shape index (κ2) is 5.60. The first-order chi connectivity index (χ1) is 9.83. The minimum absolute atomic E-state index is 0.00171. The van der Waals surface area contributed by atoms with Gasteiger partial charge in [0.15, 0.2) is 0 Å². The van der Waals surface area contributed by atoms with E-state index in [0.29, 0.717) is 0 Å². The van der Waals surface area contributed by atoms with E-state index in [2.05, 4.69) is 4.72 Å². The van der Waals surface area contributed by atoms with Crippen LogP contribution in [0, 0.1) is 17.1 Å². The number of nitrogen functional groups attached to an aromatic ring is 1. The van der Waals surface area contributed by atoms with Crippen molar-refractivity contribution in [2.24, 2.45) is 0 Å². The van der Waals surface area contributed by atoms with Gasteiger partial charge in [0.1, 0.15) is 11.9 Å². The molecule has 8 heteroatoms. The third-order valence-corrected chi connectivity index (χ3v) is 4.28. The molecule has 0 spiro atoms. The molecule has 108 valence electrons. The Morgan fingerprint density at radius 1 is 1.24 bits per heavy atom. The number of hydrogen-bond donors (Lipinski definition) is 2. The molecular formula is C13H9ClFN3O2S. The minimum Gasteiger partial charge on any atom is -0.399 e. The Balaban J connectivity index is 2.39. The van der Waals surface area contributed by atoms with Crippen molar-refractivity contribution in [1.82, 2.24) is 0 Å². The van der Waals surface area contributed by atoms with Crippen LogP contribution in [-0.4, -0.2) is 8.42 Å². The Bertz CT molecular complexity index is 847. The maximum Gasteiger partial charge on any atom is 0.262 e. The van der Waals surface area contributed by atoms with E-state index in [9.17, 15) is 12.8 Å². The lowest BCUT2D eigenvalue weighted by Gasteiger charge is -2.10. The maximum atomic E-state index is 13.6. The minimum atomic E-state index is -4.02. The first-order valence-corrected chi connectivity index (χ1v) is 7.47. The predicted molar refractivity (Wildman–Crippen MR) is 77.8 cm³/mol. The van der Waals surface area contributed by atoms with E-state index < -0.39 is 15.8 Å². The monoisotopic (exact) mass is 325 g/mol. The average molecular weight is 326 g/mol. The summed E-state index contributed by atoms with van der Waals surface area (Å²) in [7, 11) is -4.02. The van der Waals surface area contributed by atoms with Crippen molar-refractivity contribution in [2.45, 2.75) is 4.90 Å². The number of benzene rings is 2. The lowest BCUT2D eigenvalue weighted by molar-refractivity contribution is 0.598. The fourth-order valence-electron chi connectivity index (χ4n) is 1.57. The van der Waals surface area contributed by atoms with Crippen LogP contribution in [0.1, 0.15) is 5.56 Å². The van der Waals surface area contributed by atoms with Gasteiger partial charge in [-0.2, -0.15) is 5.26 Å². The smallest absolute Gasteiger partial charge is 0.262 e. The van der Waals surface area contributed by atoms with Crippen molar-refractivity contribution >= 4 is 33.0 Å². The van der Waals surface area contributed by atoms with Crippen molar-refractivity contribution in [3.8, 4) is 6.07 Å². The molecule has 0 radical (unpaired) electrons. The van der Waals surface area contributed by atoms with Gasteiger partial charge in [0.25, 0.3) is 10.0 Å². The van der Waals surface area contributed by atoms with Gasteiger partial charge in [-0.3, -0.25) is 4.72 Å². The Morgan fingerprint density at radius 3 is 2.52 bits per heavy atom. The van der Waals surface area contributed by atoms with Gasteiger partial charge < -0.3 is 5.73 Å². The van der Waals surface area contributed by atoms with Gasteiger partial charge in [-0.15, -0.1) is 0 Å². The highest BCUT2D eigenvalue weighted by Gasteiger charge is 2.17. The van der Waals surface area contributed by atoms with Gasteiger partial charge in [-0.1, -0.05) is 11.6 Å². The zero-order valence-corrected chi connectivity index (χ0v) is 12.0. The first kappa shape index (κ1) is 15.1. The molecule has 21 heavy (non-hydrogen) atoms. The van der Waals surface area contributed by atoms with Crippen LogP contribution >= 0.6 is 11.6 Å². The molecular weight excluding hydrogens is 317 g/mol. The highest BCUT2D eigenvalue weighted by Crippen LogP contribution is 2.24. The second-order valence-corrected chi connectivity index (χ2v) is 6.19. The number of nitrogens with one attached hydrogen (secondary N) is 1. The summed E-state index contributed by atoms with van der Waals surface area (Å²) in [6.45, 7) is 0. The van der Waals surface area contributed by atoms with Crippen LogP contribution in [0.5, 0.6) is 0 Å². The maximum absolute atomic E-state index is 13.6. The van der Waals surface area contributed by atoms with E-state index in [1.54, 1.807) is 0 Å². The van der Waals surface area contributed by atoms with Crippen molar-refractivity contribution in [1.29, 1.82) is 5.26 Å². The molecule has 0 saturated heterocycles. The molecule has 0 unspecified atom stereocenters. The molecule has 0 aliphatic rings. The van der Waals surface area contributed by atoms with E-state index in [0.717, 1.165) is 12.1 Å². The van der Waals surface area contributed by atoms with Crippen LogP contribution in [-0.2, 0) is 10.0 Å². The van der Waals surface area contributed by atoms with Crippen molar-refractivity contribution < 1.29 is 12.8 Å². The van der Waals surface area contributed by atoms with E-state index in [1.807, 2.05) is 6.07 Å². The van der Waals surface area contributed by atoms with Crippen molar-refractivity contribution in [3.05, 3.63) is 52.8 Å². The van der Waals surface area contributed by atoms with Crippen LogP contribution in [0.25, 0.3) is 0 Å². The number of sulfonamides is 1. The van der Waals surface area contributed by atoms with Crippen LogP contribution in [0.2, 0.25) is 5.02 Å². The lowest BCUT2D eigenvalue weighted by Crippen LogP contribution is -2.14. The van der Waals surface area contributed by atoms with Crippen molar-refractivity contribution in [3.63, 3.8) is 0 Å². The quantitative estimate of drug-likeness (QED) is 0.848. The summed E-state index contributed by atoms with van der Waals surface area (Å²) in [5.41, 5.74) is 5.48. The van der Waals surface area contributed by atoms with Gasteiger partial charge in [0, 0.05) is 5.69 Å². The Hall–Kier alpha value is -2.30. The molecule has 0 saturated carbocycles. The topological polar surface area (TPSA) is 96.0 Å². The Kier molecular flexibility index (Phi) is 4.02. The van der Waals surface area contributed by atoms with E-state index in [1.165, 1.54) is 24.3 Å². The summed E-state index contributed by atoms with van der Waals surface area (Å²) in [6, 6.07) is 9.01. The number of hydrogen-bond acceptors (Lipinski definition) is 4. The van der Waals surface area contributed by atoms with Gasteiger partial charge >= 0.3 is 0 Å². The lowest BCUT2D eigenvalue weighted by atomic mass is 10.2. The summed E-state index contributed by atoms with van der Waals surface area (Å²) in [5, 5.41) is 8.75. The summed E-state index contributed by atoms with van der Waals surface area (Å²) in [6.07, 6.45) is 0. The largest absolute Gasteiger partial charge is 0.399 e. The third-order valence-electron chi connectivity index (χ3n) is 2.61. The van der Waals surface area contributed by atoms with Gasteiger partial charge in [0.05, 0.1) is 21.2 Å². The highest BCUT2D eigenvalue weighted by molar-refractivity contribution is 7.92. The Labute approximate surface area is 125 Å². The second-order valence-electron chi connectivity index (χ2n) is 4.10. The fourth-order valence-corrected chi connectivity index (χ4v) is 2.95. The van der Waals surface area contributed by atoms with Gasteiger partial charge in [0.2, 0.25) is 0 Å². The van der Waals surface area contributed by atoms with E-state index in [-0.39, 0.29) is 26.9 Å². The molecule has 0 aromatic heterocycles. The number of rotatable bonds is 3. The average Bonchev–Trinajstić information content (AvgIpc) is 2.42. The number of nitriles is 1. The van der Waals surface area contributed by atoms with E-state index in [4.69, 9.17) is 22.6 Å². The fraction of sp³-hybridized carbons (Fsp3) is 0. The first-order valence-electron chi connectivity index (χ1n) is 5.61. The molecule has 0 aliphatic carbocycles. The molecule has 0 atom stereocenters.